The molecule has 1 aliphatic heterocycles. The third-order valence-corrected chi connectivity index (χ3v) is 5.75. The highest BCUT2D eigenvalue weighted by Crippen LogP contribution is 2.31. The van der Waals surface area contributed by atoms with Crippen LogP contribution in [0.2, 0.25) is 0 Å². The molecule has 1 fully saturated rings. The fourth-order valence-corrected chi connectivity index (χ4v) is 3.99. The van der Waals surface area contributed by atoms with E-state index < -0.39 is 30.7 Å². The summed E-state index contributed by atoms with van der Waals surface area (Å²) in [6, 6.07) is 27.6. The van der Waals surface area contributed by atoms with Gasteiger partial charge >= 0.3 is 0 Å². The SMILES string of the molecule is [N-]=[N+]=N[C@@H]1[C@@H](OCc2ccccc2)[C@@H](OCc2ccccc2)[C@@H](COCc2ccccc2)O[C@H]1F. The average Bonchev–Trinajstić information content (AvgIpc) is 2.90. The van der Waals surface area contributed by atoms with Crippen molar-refractivity contribution in [1.29, 1.82) is 0 Å². The predicted molar refractivity (Wildman–Crippen MR) is 129 cm³/mol. The molecule has 3 aromatic rings. The van der Waals surface area contributed by atoms with Crippen molar-refractivity contribution in [2.45, 2.75) is 50.5 Å². The van der Waals surface area contributed by atoms with Gasteiger partial charge in [-0.15, -0.1) is 0 Å². The zero-order valence-electron chi connectivity index (χ0n) is 19.2. The van der Waals surface area contributed by atoms with Gasteiger partial charge in [0.1, 0.15) is 24.4 Å². The van der Waals surface area contributed by atoms with E-state index in [2.05, 4.69) is 10.0 Å². The summed E-state index contributed by atoms with van der Waals surface area (Å²) in [6.07, 6.45) is -4.21. The van der Waals surface area contributed by atoms with Crippen molar-refractivity contribution in [2.75, 3.05) is 6.61 Å². The molecule has 0 radical (unpaired) electrons. The number of ether oxygens (including phenoxy) is 4. The zero-order chi connectivity index (χ0) is 24.3. The van der Waals surface area contributed by atoms with Crippen molar-refractivity contribution in [2.24, 2.45) is 5.11 Å². The summed E-state index contributed by atoms with van der Waals surface area (Å²) in [5, 5.41) is 3.66. The number of alkyl halides is 1. The molecule has 0 spiro atoms. The maximum atomic E-state index is 15.1. The molecule has 8 heteroatoms. The largest absolute Gasteiger partial charge is 0.374 e. The molecule has 0 unspecified atom stereocenters. The van der Waals surface area contributed by atoms with Gasteiger partial charge in [-0.05, 0) is 22.2 Å². The topological polar surface area (TPSA) is 85.7 Å². The van der Waals surface area contributed by atoms with Gasteiger partial charge in [0.05, 0.1) is 26.4 Å². The third kappa shape index (κ3) is 7.11. The number of nitrogens with zero attached hydrogens (tertiary/aromatic N) is 3. The first kappa shape index (κ1) is 24.9. The maximum absolute atomic E-state index is 15.1. The Morgan fingerprint density at radius 3 is 1.74 bits per heavy atom. The lowest BCUT2D eigenvalue weighted by atomic mass is 9.97. The van der Waals surface area contributed by atoms with Crippen LogP contribution in [0.5, 0.6) is 0 Å². The molecule has 0 aromatic heterocycles. The van der Waals surface area contributed by atoms with E-state index in [0.29, 0.717) is 6.61 Å². The van der Waals surface area contributed by atoms with Crippen LogP contribution in [0, 0.1) is 0 Å². The predicted octanol–water partition coefficient (Wildman–Crippen LogP) is 5.75. The summed E-state index contributed by atoms with van der Waals surface area (Å²) in [5.41, 5.74) is 11.9. The molecule has 1 aliphatic rings. The van der Waals surface area contributed by atoms with Gasteiger partial charge in [0, 0.05) is 4.91 Å². The van der Waals surface area contributed by atoms with E-state index in [9.17, 15) is 0 Å². The zero-order valence-corrected chi connectivity index (χ0v) is 19.2. The molecule has 4 rings (SSSR count). The highest BCUT2D eigenvalue weighted by Gasteiger charge is 2.47. The molecule has 0 bridgehead atoms. The molecule has 1 saturated heterocycles. The minimum Gasteiger partial charge on any atom is -0.374 e. The van der Waals surface area contributed by atoms with E-state index in [0.717, 1.165) is 16.7 Å². The Hall–Kier alpha value is -3.26. The van der Waals surface area contributed by atoms with Gasteiger partial charge in [-0.1, -0.05) is 96.1 Å². The van der Waals surface area contributed by atoms with Crippen LogP contribution >= 0.6 is 0 Å². The molecule has 182 valence electrons. The van der Waals surface area contributed by atoms with Gasteiger partial charge < -0.3 is 18.9 Å². The first-order chi connectivity index (χ1) is 17.2. The van der Waals surface area contributed by atoms with Gasteiger partial charge in [0.15, 0.2) is 0 Å². The molecule has 7 nitrogen and oxygen atoms in total. The van der Waals surface area contributed by atoms with Gasteiger partial charge in [-0.25, -0.2) is 4.39 Å². The van der Waals surface area contributed by atoms with Crippen LogP contribution in [0.1, 0.15) is 16.7 Å². The van der Waals surface area contributed by atoms with Crippen molar-refractivity contribution >= 4 is 0 Å². The lowest BCUT2D eigenvalue weighted by Gasteiger charge is -2.42. The molecule has 0 amide bonds. The van der Waals surface area contributed by atoms with Gasteiger partial charge in [0.2, 0.25) is 6.36 Å². The number of hydrogen-bond acceptors (Lipinski definition) is 5. The van der Waals surface area contributed by atoms with E-state index in [-0.39, 0.29) is 19.8 Å². The van der Waals surface area contributed by atoms with Crippen molar-refractivity contribution in [3.63, 3.8) is 0 Å². The maximum Gasteiger partial charge on any atom is 0.210 e. The summed E-state index contributed by atoms with van der Waals surface area (Å²) < 4.78 is 38.9. The average molecular weight is 478 g/mol. The second-order valence-corrected chi connectivity index (χ2v) is 8.24. The normalized spacial score (nSPS) is 24.0. The smallest absolute Gasteiger partial charge is 0.210 e. The van der Waals surface area contributed by atoms with Crippen LogP contribution in [0.3, 0.4) is 0 Å². The Morgan fingerprint density at radius 2 is 1.23 bits per heavy atom. The Morgan fingerprint density at radius 1 is 0.743 bits per heavy atom. The first-order valence-corrected chi connectivity index (χ1v) is 11.5. The van der Waals surface area contributed by atoms with Crippen LogP contribution < -0.4 is 0 Å². The second-order valence-electron chi connectivity index (χ2n) is 8.24. The lowest BCUT2D eigenvalue weighted by Crippen LogP contribution is -2.58. The van der Waals surface area contributed by atoms with Crippen LogP contribution in [-0.2, 0) is 38.8 Å². The monoisotopic (exact) mass is 477 g/mol. The van der Waals surface area contributed by atoms with Crippen molar-refractivity contribution < 1.29 is 23.3 Å². The van der Waals surface area contributed by atoms with Crippen molar-refractivity contribution in [3.8, 4) is 0 Å². The van der Waals surface area contributed by atoms with Crippen LogP contribution in [-0.4, -0.2) is 37.3 Å². The number of azide groups is 1. The van der Waals surface area contributed by atoms with Crippen molar-refractivity contribution in [3.05, 3.63) is 118 Å². The van der Waals surface area contributed by atoms with Crippen LogP contribution in [0.4, 0.5) is 4.39 Å². The summed E-state index contributed by atoms with van der Waals surface area (Å²) in [5.74, 6) is 0. The minimum atomic E-state index is -1.85. The summed E-state index contributed by atoms with van der Waals surface area (Å²) >= 11 is 0. The van der Waals surface area contributed by atoms with Gasteiger partial charge in [-0.3, -0.25) is 0 Å². The van der Waals surface area contributed by atoms with Crippen LogP contribution in [0.15, 0.2) is 96.1 Å². The summed E-state index contributed by atoms with van der Waals surface area (Å²) in [6.45, 7) is 0.898. The molecular formula is C27H28FN3O4. The quantitative estimate of drug-likeness (QED) is 0.200. The molecular weight excluding hydrogens is 449 g/mol. The van der Waals surface area contributed by atoms with E-state index in [1.165, 1.54) is 0 Å². The highest BCUT2D eigenvalue weighted by molar-refractivity contribution is 5.15. The Kier molecular flexibility index (Phi) is 9.23. The van der Waals surface area contributed by atoms with E-state index in [4.69, 9.17) is 24.5 Å². The Labute approximate surface area is 204 Å². The van der Waals surface area contributed by atoms with E-state index >= 15 is 4.39 Å². The molecule has 0 N–H and O–H groups in total. The number of halogens is 1. The molecule has 0 saturated carbocycles. The number of hydrogen-bond donors (Lipinski definition) is 0. The minimum absolute atomic E-state index is 0.0863. The summed E-state index contributed by atoms with van der Waals surface area (Å²) in [4.78, 5) is 2.83. The molecule has 35 heavy (non-hydrogen) atoms. The number of rotatable bonds is 11. The lowest BCUT2D eigenvalue weighted by molar-refractivity contribution is -0.253. The Bertz CT molecular complexity index is 1070. The fraction of sp³-hybridized carbons (Fsp3) is 0.333. The third-order valence-electron chi connectivity index (χ3n) is 5.75. The fourth-order valence-electron chi connectivity index (χ4n) is 3.99. The van der Waals surface area contributed by atoms with Gasteiger partial charge in [-0.2, -0.15) is 0 Å². The molecule has 0 aliphatic carbocycles. The first-order valence-electron chi connectivity index (χ1n) is 11.5. The number of benzene rings is 3. The van der Waals surface area contributed by atoms with Crippen molar-refractivity contribution in [1.82, 2.24) is 0 Å². The van der Waals surface area contributed by atoms with Gasteiger partial charge in [0.25, 0.3) is 0 Å². The standard InChI is InChI=1S/C27H28FN3O4/c28-27-24(30-31-29)26(34-18-22-14-8-3-9-15-22)25(33-17-21-12-6-2-7-13-21)23(35-27)19-32-16-20-10-4-1-5-11-20/h1-15,23-27H,16-19H2/t23-,24-,25+,26-,27-/m1/s1. The van der Waals surface area contributed by atoms with E-state index in [1.807, 2.05) is 91.0 Å². The Balaban J connectivity index is 1.52. The second kappa shape index (κ2) is 13.0. The molecule has 1 heterocycles. The highest BCUT2D eigenvalue weighted by atomic mass is 19.1. The van der Waals surface area contributed by atoms with Crippen LogP contribution in [0.25, 0.3) is 10.4 Å². The molecule has 3 aromatic carbocycles. The summed E-state index contributed by atoms with van der Waals surface area (Å²) in [7, 11) is 0. The van der Waals surface area contributed by atoms with E-state index in [1.54, 1.807) is 0 Å². The molecule has 5 atom stereocenters.